The summed E-state index contributed by atoms with van der Waals surface area (Å²) in [6.07, 6.45) is 7.37. The zero-order valence-electron chi connectivity index (χ0n) is 13.5. The summed E-state index contributed by atoms with van der Waals surface area (Å²) in [7, 11) is 0. The van der Waals surface area contributed by atoms with E-state index in [0.29, 0.717) is 11.5 Å². The van der Waals surface area contributed by atoms with Crippen LogP contribution in [0.4, 0.5) is 13.2 Å². The maximum atomic E-state index is 12.5. The van der Waals surface area contributed by atoms with Gasteiger partial charge < -0.3 is 0 Å². The summed E-state index contributed by atoms with van der Waals surface area (Å²) < 4.78 is 37.4. The molecule has 1 saturated carbocycles. The minimum atomic E-state index is -4.29. The fourth-order valence-electron chi connectivity index (χ4n) is 3.13. The molecule has 0 radical (unpaired) electrons. The molecule has 0 aliphatic heterocycles. The molecule has 0 saturated heterocycles. The number of rotatable bonds is 3. The third-order valence-corrected chi connectivity index (χ3v) is 4.47. The van der Waals surface area contributed by atoms with Crippen molar-refractivity contribution in [2.24, 2.45) is 11.8 Å². The Hall–Kier alpha value is -1.69. The molecule has 1 aliphatic carbocycles. The molecule has 3 heteroatoms. The number of hydrogen-bond donors (Lipinski definition) is 0. The molecule has 0 unspecified atom stereocenters. The first-order chi connectivity index (χ1) is 11.0. The molecule has 0 nitrogen and oxygen atoms in total. The molecule has 0 amide bonds. The second-order valence-electron chi connectivity index (χ2n) is 6.27. The topological polar surface area (TPSA) is 0 Å². The predicted octanol–water partition coefficient (Wildman–Crippen LogP) is 6.22. The van der Waals surface area contributed by atoms with Crippen LogP contribution in [0.3, 0.4) is 0 Å². The van der Waals surface area contributed by atoms with E-state index in [2.05, 4.69) is 24.8 Å². The van der Waals surface area contributed by atoms with Crippen molar-refractivity contribution >= 4 is 0 Å². The lowest BCUT2D eigenvalue weighted by Gasteiger charge is -2.26. The fourth-order valence-corrected chi connectivity index (χ4v) is 3.13. The van der Waals surface area contributed by atoms with Crippen LogP contribution < -0.4 is 0 Å². The highest BCUT2D eigenvalue weighted by molar-refractivity contribution is 5.39. The highest BCUT2D eigenvalue weighted by Crippen LogP contribution is 2.32. The summed E-state index contributed by atoms with van der Waals surface area (Å²) in [5.74, 6) is 7.31. The van der Waals surface area contributed by atoms with Crippen molar-refractivity contribution in [1.29, 1.82) is 0 Å². The van der Waals surface area contributed by atoms with Gasteiger partial charge in [-0.1, -0.05) is 37.7 Å². The van der Waals surface area contributed by atoms with E-state index in [-0.39, 0.29) is 0 Å². The summed E-state index contributed by atoms with van der Waals surface area (Å²) in [4.78, 5) is 0. The largest absolute Gasteiger partial charge is 0.416 e. The summed E-state index contributed by atoms with van der Waals surface area (Å²) in [6.45, 7) is 2.24. The average Bonchev–Trinajstić information content (AvgIpc) is 2.53. The minimum Gasteiger partial charge on any atom is -0.166 e. The van der Waals surface area contributed by atoms with E-state index in [1.54, 1.807) is 0 Å². The first-order valence-corrected chi connectivity index (χ1v) is 8.34. The lowest BCUT2D eigenvalue weighted by atomic mass is 9.80. The fraction of sp³-hybridized carbons (Fsp3) is 0.500. The summed E-state index contributed by atoms with van der Waals surface area (Å²) >= 11 is 0. The van der Waals surface area contributed by atoms with Gasteiger partial charge in [0.1, 0.15) is 0 Å². The van der Waals surface area contributed by atoms with Gasteiger partial charge in [0.25, 0.3) is 0 Å². The average molecular weight is 320 g/mol. The third kappa shape index (κ3) is 5.78. The second kappa shape index (κ2) is 8.24. The van der Waals surface area contributed by atoms with Crippen molar-refractivity contribution in [2.45, 2.75) is 51.6 Å². The zero-order valence-corrected chi connectivity index (χ0v) is 13.5. The standard InChI is InChI=1S/C20H23F3/c1-2-5-16-8-10-17(11-9-16)6-3-4-7-18-12-14-19(15-13-18)20(21,22)23/h3,6,12-17H,2,5,8-11H2,1H3. The van der Waals surface area contributed by atoms with E-state index < -0.39 is 11.7 Å². The normalized spacial score (nSPS) is 21.9. The molecule has 124 valence electrons. The highest BCUT2D eigenvalue weighted by Gasteiger charge is 2.29. The van der Waals surface area contributed by atoms with Crippen LogP contribution in [0.2, 0.25) is 0 Å². The van der Waals surface area contributed by atoms with Gasteiger partial charge in [0.2, 0.25) is 0 Å². The molecule has 0 aromatic heterocycles. The lowest BCUT2D eigenvalue weighted by Crippen LogP contribution is -2.12. The van der Waals surface area contributed by atoms with Gasteiger partial charge in [0.15, 0.2) is 0 Å². The van der Waals surface area contributed by atoms with Crippen LogP contribution in [0, 0.1) is 23.7 Å². The Balaban J connectivity index is 1.84. The van der Waals surface area contributed by atoms with Gasteiger partial charge in [0, 0.05) is 5.56 Å². The van der Waals surface area contributed by atoms with E-state index in [4.69, 9.17) is 0 Å². The van der Waals surface area contributed by atoms with Crippen molar-refractivity contribution in [3.8, 4) is 11.8 Å². The van der Waals surface area contributed by atoms with Crippen LogP contribution in [-0.2, 0) is 6.18 Å². The number of alkyl halides is 3. The minimum absolute atomic E-state index is 0.602. The van der Waals surface area contributed by atoms with Gasteiger partial charge >= 0.3 is 6.18 Å². The van der Waals surface area contributed by atoms with Crippen LogP contribution in [0.25, 0.3) is 0 Å². The molecule has 23 heavy (non-hydrogen) atoms. The Kier molecular flexibility index (Phi) is 6.33. The molecule has 1 aromatic rings. The quantitative estimate of drug-likeness (QED) is 0.580. The Bertz CT molecular complexity index is 562. The van der Waals surface area contributed by atoms with E-state index >= 15 is 0 Å². The molecule has 0 N–H and O–H groups in total. The van der Waals surface area contributed by atoms with Crippen molar-refractivity contribution < 1.29 is 13.2 Å². The predicted molar refractivity (Wildman–Crippen MR) is 87.8 cm³/mol. The molecule has 1 aliphatic rings. The van der Waals surface area contributed by atoms with Crippen LogP contribution in [0.15, 0.2) is 36.4 Å². The van der Waals surface area contributed by atoms with Crippen LogP contribution in [0.1, 0.15) is 56.6 Å². The SMILES string of the molecule is CCCC1CCC(C=CC#Cc2ccc(C(F)(F)F)cc2)CC1. The molecule has 2 rings (SSSR count). The Morgan fingerprint density at radius 2 is 1.74 bits per heavy atom. The molecule has 1 fully saturated rings. The first-order valence-electron chi connectivity index (χ1n) is 8.34. The molecular formula is C20H23F3. The maximum Gasteiger partial charge on any atom is 0.416 e. The van der Waals surface area contributed by atoms with Gasteiger partial charge in [-0.25, -0.2) is 0 Å². The smallest absolute Gasteiger partial charge is 0.166 e. The van der Waals surface area contributed by atoms with Crippen molar-refractivity contribution in [3.63, 3.8) is 0 Å². The van der Waals surface area contributed by atoms with Crippen LogP contribution in [-0.4, -0.2) is 0 Å². The number of allylic oxidation sites excluding steroid dienone is 2. The van der Waals surface area contributed by atoms with Crippen molar-refractivity contribution in [3.05, 3.63) is 47.5 Å². The molecule has 0 spiro atoms. The molecule has 0 bridgehead atoms. The first kappa shape index (κ1) is 17.7. The van der Waals surface area contributed by atoms with E-state index in [9.17, 15) is 13.2 Å². The summed E-state index contributed by atoms with van der Waals surface area (Å²) in [5, 5.41) is 0. The maximum absolute atomic E-state index is 12.5. The second-order valence-corrected chi connectivity index (χ2v) is 6.27. The number of benzene rings is 1. The Morgan fingerprint density at radius 1 is 1.09 bits per heavy atom. The van der Waals surface area contributed by atoms with E-state index in [0.717, 1.165) is 18.1 Å². The number of hydrogen-bond acceptors (Lipinski definition) is 0. The monoisotopic (exact) mass is 320 g/mol. The Morgan fingerprint density at radius 3 is 2.30 bits per heavy atom. The van der Waals surface area contributed by atoms with Gasteiger partial charge in [-0.2, -0.15) is 13.2 Å². The summed E-state index contributed by atoms with van der Waals surface area (Å²) in [6, 6.07) is 4.98. The van der Waals surface area contributed by atoms with Crippen LogP contribution in [0.5, 0.6) is 0 Å². The van der Waals surface area contributed by atoms with Crippen molar-refractivity contribution in [2.75, 3.05) is 0 Å². The highest BCUT2D eigenvalue weighted by atomic mass is 19.4. The molecule has 0 atom stereocenters. The third-order valence-electron chi connectivity index (χ3n) is 4.47. The van der Waals surface area contributed by atoms with Gasteiger partial charge in [-0.3, -0.25) is 0 Å². The van der Waals surface area contributed by atoms with Gasteiger partial charge in [-0.15, -0.1) is 0 Å². The van der Waals surface area contributed by atoms with Crippen molar-refractivity contribution in [1.82, 2.24) is 0 Å². The lowest BCUT2D eigenvalue weighted by molar-refractivity contribution is -0.137. The molecule has 1 aromatic carbocycles. The van der Waals surface area contributed by atoms with Crippen LogP contribution >= 0.6 is 0 Å². The van der Waals surface area contributed by atoms with Gasteiger partial charge in [-0.05, 0) is 67.9 Å². The van der Waals surface area contributed by atoms with E-state index in [1.165, 1.54) is 50.7 Å². The van der Waals surface area contributed by atoms with Gasteiger partial charge in [0.05, 0.1) is 5.56 Å². The Labute approximate surface area is 136 Å². The zero-order chi connectivity index (χ0) is 16.7. The number of halogens is 3. The molecule has 0 heterocycles. The van der Waals surface area contributed by atoms with E-state index in [1.807, 2.05) is 6.08 Å². The molecular weight excluding hydrogens is 297 g/mol. The summed E-state index contributed by atoms with van der Waals surface area (Å²) in [5.41, 5.74) is -0.0308.